The van der Waals surface area contributed by atoms with Crippen molar-refractivity contribution < 1.29 is 14.3 Å². The molecular formula is C17H20ClN3O3S. The smallest absolute Gasteiger partial charge is 0.341 e. The first-order valence-corrected chi connectivity index (χ1v) is 9.56. The lowest BCUT2D eigenvalue weighted by Gasteiger charge is -2.15. The number of amides is 1. The van der Waals surface area contributed by atoms with E-state index in [0.29, 0.717) is 10.6 Å². The summed E-state index contributed by atoms with van der Waals surface area (Å²) in [6.45, 7) is 3.82. The van der Waals surface area contributed by atoms with Crippen LogP contribution in [0.2, 0.25) is 5.02 Å². The van der Waals surface area contributed by atoms with Crippen molar-refractivity contribution in [1.29, 1.82) is 0 Å². The zero-order chi connectivity index (χ0) is 18.0. The number of aryl methyl sites for hydroxylation is 1. The number of nitrogens with zero attached hydrogens (tertiary/aromatic N) is 1. The number of hydrogen-bond acceptors (Lipinski definition) is 5. The van der Waals surface area contributed by atoms with E-state index in [1.165, 1.54) is 17.5 Å². The molecule has 0 aromatic carbocycles. The van der Waals surface area contributed by atoms with Gasteiger partial charge in [-0.1, -0.05) is 18.5 Å². The van der Waals surface area contributed by atoms with Crippen molar-refractivity contribution in [3.05, 3.63) is 32.9 Å². The maximum Gasteiger partial charge on any atom is 0.341 e. The van der Waals surface area contributed by atoms with Crippen LogP contribution in [0.5, 0.6) is 0 Å². The van der Waals surface area contributed by atoms with Gasteiger partial charge in [-0.3, -0.25) is 9.89 Å². The van der Waals surface area contributed by atoms with Gasteiger partial charge in [0.2, 0.25) is 0 Å². The van der Waals surface area contributed by atoms with Crippen LogP contribution < -0.4 is 5.32 Å². The lowest BCUT2D eigenvalue weighted by atomic mass is 9.95. The third kappa shape index (κ3) is 3.72. The minimum atomic E-state index is -0.418. The van der Waals surface area contributed by atoms with Gasteiger partial charge in [0.1, 0.15) is 10.7 Å². The van der Waals surface area contributed by atoms with Gasteiger partial charge in [-0.05, 0) is 44.6 Å². The van der Waals surface area contributed by atoms with E-state index in [1.54, 1.807) is 0 Å². The Bertz CT molecular complexity index is 799. The molecule has 8 heteroatoms. The Morgan fingerprint density at radius 2 is 2.20 bits per heavy atom. The van der Waals surface area contributed by atoms with Crippen molar-refractivity contribution in [1.82, 2.24) is 10.2 Å². The summed E-state index contributed by atoms with van der Waals surface area (Å²) in [5, 5.41) is 9.89. The molecule has 1 atom stereocenters. The highest BCUT2D eigenvalue weighted by Gasteiger charge is 2.28. The molecule has 6 nitrogen and oxygen atoms in total. The summed E-state index contributed by atoms with van der Waals surface area (Å²) in [5.74, 6) is -0.793. The van der Waals surface area contributed by atoms with Gasteiger partial charge in [0.25, 0.3) is 5.91 Å². The van der Waals surface area contributed by atoms with E-state index >= 15 is 0 Å². The summed E-state index contributed by atoms with van der Waals surface area (Å²) >= 11 is 7.40. The van der Waals surface area contributed by atoms with Crippen LogP contribution in [-0.4, -0.2) is 28.2 Å². The molecule has 134 valence electrons. The monoisotopic (exact) mass is 381 g/mol. The second-order valence-electron chi connectivity index (χ2n) is 6.09. The van der Waals surface area contributed by atoms with E-state index in [2.05, 4.69) is 15.5 Å². The molecule has 25 heavy (non-hydrogen) atoms. The number of halogens is 1. The van der Waals surface area contributed by atoms with Gasteiger partial charge in [0.15, 0.2) is 0 Å². The van der Waals surface area contributed by atoms with Crippen molar-refractivity contribution in [3.63, 3.8) is 0 Å². The summed E-state index contributed by atoms with van der Waals surface area (Å²) < 4.78 is 5.52. The Morgan fingerprint density at radius 1 is 1.44 bits per heavy atom. The maximum atomic E-state index is 12.7. The highest BCUT2D eigenvalue weighted by atomic mass is 35.5. The normalized spacial score (nSPS) is 14.7. The van der Waals surface area contributed by atoms with E-state index in [-0.39, 0.29) is 22.8 Å². The first kappa shape index (κ1) is 17.9. The average Bonchev–Trinajstić information content (AvgIpc) is 3.17. The fourth-order valence-corrected chi connectivity index (χ4v) is 4.24. The molecule has 3 rings (SSSR count). The molecular weight excluding hydrogens is 362 g/mol. The number of fused-ring (bicyclic) bond motifs is 1. The topological polar surface area (TPSA) is 84.1 Å². The predicted molar refractivity (Wildman–Crippen MR) is 97.7 cm³/mol. The van der Waals surface area contributed by atoms with Crippen LogP contribution in [0.25, 0.3) is 0 Å². The molecule has 0 saturated carbocycles. The summed E-state index contributed by atoms with van der Waals surface area (Å²) in [4.78, 5) is 26.3. The molecule has 0 radical (unpaired) electrons. The Kier molecular flexibility index (Phi) is 5.44. The number of thiophene rings is 1. The molecule has 0 fully saturated rings. The quantitative estimate of drug-likeness (QED) is 0.760. The minimum absolute atomic E-state index is 0.169. The Labute approximate surface area is 154 Å². The predicted octanol–water partition coefficient (Wildman–Crippen LogP) is 4.21. The van der Waals surface area contributed by atoms with E-state index in [0.717, 1.165) is 42.5 Å². The van der Waals surface area contributed by atoms with Gasteiger partial charge in [-0.15, -0.1) is 11.3 Å². The maximum absolute atomic E-state index is 12.7. The number of H-pyrrole nitrogens is 1. The van der Waals surface area contributed by atoms with Gasteiger partial charge in [0, 0.05) is 4.88 Å². The largest absolute Gasteiger partial charge is 0.459 e. The number of anilines is 1. The third-order valence-electron chi connectivity index (χ3n) is 4.31. The first-order valence-electron chi connectivity index (χ1n) is 8.37. The summed E-state index contributed by atoms with van der Waals surface area (Å²) in [5.41, 5.74) is 1.67. The summed E-state index contributed by atoms with van der Waals surface area (Å²) in [7, 11) is 0. The number of ether oxygens (including phenoxy) is 1. The van der Waals surface area contributed by atoms with Crippen LogP contribution in [0.3, 0.4) is 0 Å². The van der Waals surface area contributed by atoms with Gasteiger partial charge >= 0.3 is 5.97 Å². The molecule has 2 heterocycles. The standard InChI is InChI=1S/C17H20ClN3O3S/c1-3-9(2)24-17(23)13-10-6-4-5-7-12(10)25-16(13)20-15(22)14-11(18)8-19-21-14/h8-9H,3-7H2,1-2H3,(H,19,21)(H,20,22). The Hall–Kier alpha value is -1.86. The summed E-state index contributed by atoms with van der Waals surface area (Å²) in [6, 6.07) is 0. The van der Waals surface area contributed by atoms with Crippen LogP contribution in [-0.2, 0) is 17.6 Å². The van der Waals surface area contributed by atoms with E-state index in [1.807, 2.05) is 13.8 Å². The zero-order valence-electron chi connectivity index (χ0n) is 14.1. The van der Waals surface area contributed by atoms with E-state index in [9.17, 15) is 9.59 Å². The number of nitrogens with one attached hydrogen (secondary N) is 2. The molecule has 2 aromatic heterocycles. The van der Waals surface area contributed by atoms with Crippen molar-refractivity contribution >= 4 is 39.8 Å². The van der Waals surface area contributed by atoms with Crippen molar-refractivity contribution in [2.45, 2.75) is 52.1 Å². The van der Waals surface area contributed by atoms with Crippen molar-refractivity contribution in [3.8, 4) is 0 Å². The van der Waals surface area contributed by atoms with Gasteiger partial charge in [-0.25, -0.2) is 4.79 Å². The SMILES string of the molecule is CCC(C)OC(=O)c1c(NC(=O)c2[nH]ncc2Cl)sc2c1CCCC2. The average molecular weight is 382 g/mol. The van der Waals surface area contributed by atoms with E-state index < -0.39 is 5.91 Å². The molecule has 0 saturated heterocycles. The minimum Gasteiger partial charge on any atom is -0.459 e. The molecule has 0 spiro atoms. The lowest BCUT2D eigenvalue weighted by molar-refractivity contribution is 0.0335. The van der Waals surface area contributed by atoms with Crippen LogP contribution in [0, 0.1) is 0 Å². The molecule has 1 aliphatic carbocycles. The van der Waals surface area contributed by atoms with Gasteiger partial charge < -0.3 is 10.1 Å². The van der Waals surface area contributed by atoms with Crippen LogP contribution in [0.1, 0.15) is 64.4 Å². The number of aromatic amines is 1. The molecule has 2 N–H and O–H groups in total. The molecule has 1 aliphatic rings. The van der Waals surface area contributed by atoms with Gasteiger partial charge in [-0.2, -0.15) is 5.10 Å². The number of aromatic nitrogens is 2. The fourth-order valence-electron chi connectivity index (χ4n) is 2.79. The molecule has 2 aromatic rings. The Balaban J connectivity index is 1.92. The van der Waals surface area contributed by atoms with E-state index in [4.69, 9.17) is 16.3 Å². The number of carbonyl (C=O) groups is 2. The Morgan fingerprint density at radius 3 is 2.88 bits per heavy atom. The summed E-state index contributed by atoms with van der Waals surface area (Å²) in [6.07, 6.45) is 5.82. The fraction of sp³-hybridized carbons (Fsp3) is 0.471. The molecule has 0 aliphatic heterocycles. The van der Waals surface area contributed by atoms with Crippen molar-refractivity contribution in [2.24, 2.45) is 0 Å². The molecule has 1 amide bonds. The highest BCUT2D eigenvalue weighted by Crippen LogP contribution is 2.39. The lowest BCUT2D eigenvalue weighted by Crippen LogP contribution is -2.19. The molecule has 1 unspecified atom stereocenters. The van der Waals surface area contributed by atoms with Gasteiger partial charge in [0.05, 0.1) is 22.9 Å². The van der Waals surface area contributed by atoms with Crippen molar-refractivity contribution in [2.75, 3.05) is 5.32 Å². The number of hydrogen-bond donors (Lipinski definition) is 2. The number of rotatable bonds is 5. The second kappa shape index (κ2) is 7.58. The molecule has 0 bridgehead atoms. The third-order valence-corrected chi connectivity index (χ3v) is 5.80. The van der Waals surface area contributed by atoms with Crippen LogP contribution >= 0.6 is 22.9 Å². The number of esters is 1. The van der Waals surface area contributed by atoms with Crippen LogP contribution in [0.4, 0.5) is 5.00 Å². The first-order chi connectivity index (χ1) is 12.0. The highest BCUT2D eigenvalue weighted by molar-refractivity contribution is 7.17. The second-order valence-corrected chi connectivity index (χ2v) is 7.60. The van der Waals surface area contributed by atoms with Crippen LogP contribution in [0.15, 0.2) is 6.20 Å². The number of carbonyl (C=O) groups excluding carboxylic acids is 2. The zero-order valence-corrected chi connectivity index (χ0v) is 15.7.